The third kappa shape index (κ3) is 3.29. The van der Waals surface area contributed by atoms with E-state index in [1.807, 2.05) is 30.3 Å². The summed E-state index contributed by atoms with van der Waals surface area (Å²) in [5, 5.41) is 10.0. The molecule has 0 radical (unpaired) electrons. The highest BCUT2D eigenvalue weighted by atomic mass is 35.5. The number of aromatic amines is 1. The van der Waals surface area contributed by atoms with E-state index in [-0.39, 0.29) is 12.5 Å². The first-order valence-electron chi connectivity index (χ1n) is 6.59. The first-order valence-corrected chi connectivity index (χ1v) is 6.96. The maximum Gasteiger partial charge on any atom is 0.253 e. The number of halogens is 1. The van der Waals surface area contributed by atoms with Crippen LogP contribution in [-0.2, 0) is 6.54 Å². The van der Waals surface area contributed by atoms with Crippen molar-refractivity contribution in [3.05, 3.63) is 65.2 Å². The second kappa shape index (κ2) is 6.36. The van der Waals surface area contributed by atoms with Crippen LogP contribution in [0.5, 0.6) is 0 Å². The first kappa shape index (κ1) is 14.2. The quantitative estimate of drug-likeness (QED) is 0.725. The van der Waals surface area contributed by atoms with Crippen LogP contribution in [0.15, 0.2) is 48.7 Å². The molecule has 3 rings (SSSR count). The van der Waals surface area contributed by atoms with E-state index in [0.29, 0.717) is 22.4 Å². The van der Waals surface area contributed by atoms with E-state index in [4.69, 9.17) is 11.6 Å². The van der Waals surface area contributed by atoms with Crippen molar-refractivity contribution in [3.63, 3.8) is 0 Å². The minimum atomic E-state index is -0.248. The number of aromatic nitrogens is 4. The molecule has 0 aliphatic heterocycles. The number of H-pyrrole nitrogens is 1. The third-order valence-electron chi connectivity index (χ3n) is 2.97. The first-order chi connectivity index (χ1) is 10.7. The monoisotopic (exact) mass is 313 g/mol. The van der Waals surface area contributed by atoms with Gasteiger partial charge in [0.25, 0.3) is 5.91 Å². The van der Waals surface area contributed by atoms with E-state index in [1.165, 1.54) is 6.20 Å². The molecule has 2 aromatic heterocycles. The van der Waals surface area contributed by atoms with Crippen molar-refractivity contribution >= 4 is 17.5 Å². The Kier molecular flexibility index (Phi) is 4.11. The molecule has 0 fully saturated rings. The molecular weight excluding hydrogens is 302 g/mol. The minimum absolute atomic E-state index is 0.248. The predicted octanol–water partition coefficient (Wildman–Crippen LogP) is 2.45. The highest BCUT2D eigenvalue weighted by Crippen LogP contribution is 2.13. The van der Waals surface area contributed by atoms with Crippen LogP contribution in [0.25, 0.3) is 11.4 Å². The summed E-state index contributed by atoms with van der Waals surface area (Å²) in [4.78, 5) is 20.2. The van der Waals surface area contributed by atoms with Gasteiger partial charge in [0.05, 0.1) is 12.1 Å². The van der Waals surface area contributed by atoms with E-state index in [9.17, 15) is 4.79 Å². The van der Waals surface area contributed by atoms with E-state index < -0.39 is 0 Å². The van der Waals surface area contributed by atoms with E-state index in [2.05, 4.69) is 25.5 Å². The van der Waals surface area contributed by atoms with Gasteiger partial charge in [-0.1, -0.05) is 41.9 Å². The Labute approximate surface area is 131 Å². The van der Waals surface area contributed by atoms with Gasteiger partial charge in [0.1, 0.15) is 11.0 Å². The van der Waals surface area contributed by atoms with Gasteiger partial charge in [-0.15, -0.1) is 0 Å². The van der Waals surface area contributed by atoms with Crippen LogP contribution in [0.1, 0.15) is 16.2 Å². The van der Waals surface area contributed by atoms with E-state index in [1.54, 1.807) is 12.1 Å². The van der Waals surface area contributed by atoms with E-state index in [0.717, 1.165) is 5.56 Å². The summed E-state index contributed by atoms with van der Waals surface area (Å²) in [5.74, 6) is 0.925. The van der Waals surface area contributed by atoms with Crippen molar-refractivity contribution in [1.82, 2.24) is 25.5 Å². The van der Waals surface area contributed by atoms with Crippen molar-refractivity contribution in [2.45, 2.75) is 6.54 Å². The molecule has 6 nitrogen and oxygen atoms in total. The van der Waals surface area contributed by atoms with Crippen LogP contribution in [-0.4, -0.2) is 26.1 Å². The van der Waals surface area contributed by atoms with Gasteiger partial charge in [0.15, 0.2) is 5.82 Å². The molecule has 1 amide bonds. The largest absolute Gasteiger partial charge is 0.345 e. The van der Waals surface area contributed by atoms with Crippen LogP contribution in [0.4, 0.5) is 0 Å². The molecule has 3 aromatic rings. The lowest BCUT2D eigenvalue weighted by molar-refractivity contribution is 0.0949. The second-order valence-corrected chi connectivity index (χ2v) is 4.91. The summed E-state index contributed by atoms with van der Waals surface area (Å²) in [6, 6.07) is 12.8. The molecule has 0 aliphatic rings. The number of carbonyl (C=O) groups excluding carboxylic acids is 1. The van der Waals surface area contributed by atoms with Gasteiger partial charge in [-0.3, -0.25) is 9.89 Å². The zero-order chi connectivity index (χ0) is 15.4. The molecule has 0 aliphatic carbocycles. The lowest BCUT2D eigenvalue weighted by Crippen LogP contribution is -2.23. The van der Waals surface area contributed by atoms with Gasteiger partial charge in [-0.2, -0.15) is 5.10 Å². The van der Waals surface area contributed by atoms with Crippen LogP contribution in [0, 0.1) is 0 Å². The molecule has 1 aromatic carbocycles. The number of hydrogen-bond donors (Lipinski definition) is 2. The highest BCUT2D eigenvalue weighted by Gasteiger charge is 2.09. The third-order valence-corrected chi connectivity index (χ3v) is 3.19. The number of pyridine rings is 1. The van der Waals surface area contributed by atoms with Crippen LogP contribution < -0.4 is 5.32 Å². The van der Waals surface area contributed by atoms with Gasteiger partial charge in [0.2, 0.25) is 0 Å². The van der Waals surface area contributed by atoms with Crippen molar-refractivity contribution < 1.29 is 4.79 Å². The molecule has 0 saturated carbocycles. The fourth-order valence-electron chi connectivity index (χ4n) is 1.87. The average molecular weight is 314 g/mol. The number of carbonyl (C=O) groups is 1. The Bertz CT molecular complexity index is 770. The Balaban J connectivity index is 1.64. The molecule has 7 heteroatoms. The van der Waals surface area contributed by atoms with Crippen molar-refractivity contribution in [1.29, 1.82) is 0 Å². The number of nitrogens with one attached hydrogen (secondary N) is 2. The highest BCUT2D eigenvalue weighted by molar-refractivity contribution is 6.29. The number of benzene rings is 1. The normalized spacial score (nSPS) is 10.4. The number of rotatable bonds is 4. The molecule has 0 unspecified atom stereocenters. The molecule has 2 heterocycles. The topological polar surface area (TPSA) is 83.6 Å². The Morgan fingerprint density at radius 3 is 2.73 bits per heavy atom. The molecule has 22 heavy (non-hydrogen) atoms. The Hall–Kier alpha value is -2.73. The Morgan fingerprint density at radius 2 is 2.00 bits per heavy atom. The number of amides is 1. The summed E-state index contributed by atoms with van der Waals surface area (Å²) in [5.41, 5.74) is 1.35. The van der Waals surface area contributed by atoms with Crippen molar-refractivity contribution in [3.8, 4) is 11.4 Å². The van der Waals surface area contributed by atoms with E-state index >= 15 is 0 Å². The number of nitrogens with zero attached hydrogens (tertiary/aromatic N) is 3. The molecule has 0 spiro atoms. The van der Waals surface area contributed by atoms with Crippen molar-refractivity contribution in [2.75, 3.05) is 0 Å². The number of hydrogen-bond acceptors (Lipinski definition) is 4. The summed E-state index contributed by atoms with van der Waals surface area (Å²) in [6.45, 7) is 0.251. The van der Waals surface area contributed by atoms with Crippen molar-refractivity contribution in [2.24, 2.45) is 0 Å². The molecule has 0 bridgehead atoms. The summed E-state index contributed by atoms with van der Waals surface area (Å²) < 4.78 is 0. The van der Waals surface area contributed by atoms with Gasteiger partial charge >= 0.3 is 0 Å². The van der Waals surface area contributed by atoms with Crippen LogP contribution in [0.2, 0.25) is 5.15 Å². The minimum Gasteiger partial charge on any atom is -0.345 e. The molecular formula is C15H12ClN5O. The maximum absolute atomic E-state index is 11.9. The summed E-state index contributed by atoms with van der Waals surface area (Å²) >= 11 is 5.68. The smallest absolute Gasteiger partial charge is 0.253 e. The standard InChI is InChI=1S/C15H12ClN5O/c16-12-7-6-11(8-17-12)15(22)18-9-13-19-14(21-20-13)10-4-2-1-3-5-10/h1-8H,9H2,(H,18,22)(H,19,20,21). The zero-order valence-corrected chi connectivity index (χ0v) is 12.2. The second-order valence-electron chi connectivity index (χ2n) is 4.52. The van der Waals surface area contributed by atoms with Gasteiger partial charge in [-0.05, 0) is 12.1 Å². The SMILES string of the molecule is O=C(NCc1nc(-c2ccccc2)n[nH]1)c1ccc(Cl)nc1. The Morgan fingerprint density at radius 1 is 1.18 bits per heavy atom. The van der Waals surface area contributed by atoms with Crippen LogP contribution >= 0.6 is 11.6 Å². The van der Waals surface area contributed by atoms with Gasteiger partial charge < -0.3 is 5.32 Å². The maximum atomic E-state index is 11.9. The zero-order valence-electron chi connectivity index (χ0n) is 11.5. The lowest BCUT2D eigenvalue weighted by atomic mass is 10.2. The molecule has 0 saturated heterocycles. The molecule has 2 N–H and O–H groups in total. The fraction of sp³-hybridized carbons (Fsp3) is 0.0667. The van der Waals surface area contributed by atoms with Crippen LogP contribution in [0.3, 0.4) is 0 Å². The average Bonchev–Trinajstić information content (AvgIpc) is 3.03. The predicted molar refractivity (Wildman–Crippen MR) is 82.2 cm³/mol. The molecule has 0 atom stereocenters. The molecule has 110 valence electrons. The summed E-state index contributed by atoms with van der Waals surface area (Å²) in [6.07, 6.45) is 1.42. The summed E-state index contributed by atoms with van der Waals surface area (Å²) in [7, 11) is 0. The lowest BCUT2D eigenvalue weighted by Gasteiger charge is -2.02. The van der Waals surface area contributed by atoms with Gasteiger partial charge in [0, 0.05) is 11.8 Å². The van der Waals surface area contributed by atoms with Gasteiger partial charge in [-0.25, -0.2) is 9.97 Å². The fourth-order valence-corrected chi connectivity index (χ4v) is 1.98.